The zero-order valence-electron chi connectivity index (χ0n) is 12.1. The Morgan fingerprint density at radius 3 is 2.17 bits per heavy atom. The minimum absolute atomic E-state index is 0.779. The SMILES string of the molecule is CO[SiH](CCC1CCCCC1)NC1CCCCC1. The van der Waals surface area contributed by atoms with Crippen LogP contribution in [0.5, 0.6) is 0 Å². The van der Waals surface area contributed by atoms with Gasteiger partial charge < -0.3 is 9.41 Å². The van der Waals surface area contributed by atoms with Crippen LogP contribution in [0, 0.1) is 5.92 Å². The summed E-state index contributed by atoms with van der Waals surface area (Å²) in [6.45, 7) is 0. The molecule has 2 aliphatic rings. The first kappa shape index (κ1) is 14.5. The van der Waals surface area contributed by atoms with Crippen LogP contribution >= 0.6 is 0 Å². The quantitative estimate of drug-likeness (QED) is 0.742. The van der Waals surface area contributed by atoms with Gasteiger partial charge in [-0.25, -0.2) is 0 Å². The monoisotopic (exact) mass is 269 g/mol. The topological polar surface area (TPSA) is 21.3 Å². The number of hydrogen-bond acceptors (Lipinski definition) is 2. The molecular weight excluding hydrogens is 238 g/mol. The van der Waals surface area contributed by atoms with E-state index >= 15 is 0 Å². The van der Waals surface area contributed by atoms with Crippen molar-refractivity contribution in [3.8, 4) is 0 Å². The lowest BCUT2D eigenvalue weighted by molar-refractivity contribution is 0.330. The van der Waals surface area contributed by atoms with Gasteiger partial charge in [0.25, 0.3) is 9.20 Å². The van der Waals surface area contributed by atoms with Crippen LogP contribution in [-0.4, -0.2) is 22.4 Å². The Kier molecular flexibility index (Phi) is 6.74. The minimum Gasteiger partial charge on any atom is -0.409 e. The first-order valence-electron chi connectivity index (χ1n) is 8.17. The Bertz CT molecular complexity index is 213. The highest BCUT2D eigenvalue weighted by Gasteiger charge is 2.21. The van der Waals surface area contributed by atoms with Crippen molar-refractivity contribution in [2.24, 2.45) is 5.92 Å². The summed E-state index contributed by atoms with van der Waals surface area (Å²) < 4.78 is 5.77. The molecule has 2 saturated carbocycles. The summed E-state index contributed by atoms with van der Waals surface area (Å²) >= 11 is 0. The molecule has 0 aromatic carbocycles. The smallest absolute Gasteiger partial charge is 0.252 e. The van der Waals surface area contributed by atoms with Crippen LogP contribution in [0.3, 0.4) is 0 Å². The van der Waals surface area contributed by atoms with Crippen LogP contribution < -0.4 is 4.98 Å². The van der Waals surface area contributed by atoms with Crippen LogP contribution in [0.15, 0.2) is 0 Å². The number of rotatable bonds is 6. The van der Waals surface area contributed by atoms with Gasteiger partial charge in [0.1, 0.15) is 0 Å². The van der Waals surface area contributed by atoms with Gasteiger partial charge in [-0.2, -0.15) is 0 Å². The van der Waals surface area contributed by atoms with E-state index in [1.807, 2.05) is 7.11 Å². The minimum atomic E-state index is -1.11. The second-order valence-electron chi connectivity index (χ2n) is 6.31. The lowest BCUT2D eigenvalue weighted by Gasteiger charge is -2.28. The van der Waals surface area contributed by atoms with E-state index in [4.69, 9.17) is 4.43 Å². The molecule has 3 heteroatoms. The zero-order chi connectivity index (χ0) is 12.6. The third-order valence-electron chi connectivity index (χ3n) is 4.87. The Labute approximate surface area is 115 Å². The average molecular weight is 270 g/mol. The molecule has 0 amide bonds. The van der Waals surface area contributed by atoms with Gasteiger partial charge in [-0.05, 0) is 31.2 Å². The van der Waals surface area contributed by atoms with Crippen LogP contribution in [0.4, 0.5) is 0 Å². The van der Waals surface area contributed by atoms with Crippen LogP contribution in [0.25, 0.3) is 0 Å². The maximum absolute atomic E-state index is 5.77. The molecular formula is C15H31NOSi. The fourth-order valence-electron chi connectivity index (χ4n) is 3.66. The number of hydrogen-bond donors (Lipinski definition) is 1. The molecule has 0 saturated heterocycles. The molecule has 1 atom stereocenters. The normalized spacial score (nSPS) is 25.2. The van der Waals surface area contributed by atoms with E-state index in [0.717, 1.165) is 12.0 Å². The third-order valence-corrected chi connectivity index (χ3v) is 7.14. The zero-order valence-corrected chi connectivity index (χ0v) is 13.3. The molecule has 106 valence electrons. The standard InChI is InChI=1S/C15H31NOSi/c1-17-18(16-15-10-6-3-7-11-15)13-12-14-8-4-2-5-9-14/h14-16,18H,2-13H2,1H3. The van der Waals surface area contributed by atoms with Crippen LogP contribution in [0.1, 0.15) is 70.6 Å². The molecule has 0 heterocycles. The van der Waals surface area contributed by atoms with Gasteiger partial charge in [0.2, 0.25) is 0 Å². The lowest BCUT2D eigenvalue weighted by Crippen LogP contribution is -2.44. The van der Waals surface area contributed by atoms with E-state index in [-0.39, 0.29) is 0 Å². The van der Waals surface area contributed by atoms with E-state index in [1.165, 1.54) is 76.7 Å². The van der Waals surface area contributed by atoms with Gasteiger partial charge in [0.05, 0.1) is 0 Å². The highest BCUT2D eigenvalue weighted by molar-refractivity contribution is 6.48. The fourth-order valence-corrected chi connectivity index (χ4v) is 5.84. The second-order valence-corrected chi connectivity index (χ2v) is 8.67. The van der Waals surface area contributed by atoms with Crippen LogP contribution in [-0.2, 0) is 4.43 Å². The molecule has 0 aromatic rings. The Balaban J connectivity index is 1.64. The Hall–Kier alpha value is 0.137. The van der Waals surface area contributed by atoms with Crippen molar-refractivity contribution < 1.29 is 4.43 Å². The second kappa shape index (κ2) is 8.34. The molecule has 0 spiro atoms. The largest absolute Gasteiger partial charge is 0.409 e. The van der Waals surface area contributed by atoms with Gasteiger partial charge in [0.15, 0.2) is 0 Å². The summed E-state index contributed by atoms with van der Waals surface area (Å²) in [5, 5.41) is 0. The maximum atomic E-state index is 5.77. The molecule has 2 fully saturated rings. The molecule has 0 radical (unpaired) electrons. The number of nitrogens with one attached hydrogen (secondary N) is 1. The predicted octanol–water partition coefficient (Wildman–Crippen LogP) is 3.75. The molecule has 0 aliphatic heterocycles. The summed E-state index contributed by atoms with van der Waals surface area (Å²) in [5.41, 5.74) is 0. The van der Waals surface area contributed by atoms with Gasteiger partial charge in [0, 0.05) is 13.2 Å². The van der Waals surface area contributed by atoms with Gasteiger partial charge in [-0.15, -0.1) is 0 Å². The Morgan fingerprint density at radius 1 is 0.944 bits per heavy atom. The molecule has 1 unspecified atom stereocenters. The van der Waals surface area contributed by atoms with Crippen molar-refractivity contribution >= 4 is 9.20 Å². The van der Waals surface area contributed by atoms with E-state index in [2.05, 4.69) is 4.98 Å². The van der Waals surface area contributed by atoms with Gasteiger partial charge >= 0.3 is 0 Å². The highest BCUT2D eigenvalue weighted by Crippen LogP contribution is 2.28. The van der Waals surface area contributed by atoms with Gasteiger partial charge in [-0.3, -0.25) is 0 Å². The van der Waals surface area contributed by atoms with Crippen molar-refractivity contribution in [2.75, 3.05) is 7.11 Å². The van der Waals surface area contributed by atoms with E-state index in [0.29, 0.717) is 0 Å². The van der Waals surface area contributed by atoms with E-state index < -0.39 is 9.20 Å². The Morgan fingerprint density at radius 2 is 1.56 bits per heavy atom. The molecule has 2 nitrogen and oxygen atoms in total. The fraction of sp³-hybridized carbons (Fsp3) is 1.00. The molecule has 0 aromatic heterocycles. The lowest BCUT2D eigenvalue weighted by atomic mass is 9.88. The van der Waals surface area contributed by atoms with Crippen LogP contribution in [0.2, 0.25) is 6.04 Å². The summed E-state index contributed by atoms with van der Waals surface area (Å²) in [6.07, 6.45) is 15.9. The molecule has 0 bridgehead atoms. The molecule has 2 rings (SSSR count). The summed E-state index contributed by atoms with van der Waals surface area (Å²) in [4.78, 5) is 3.86. The predicted molar refractivity (Wildman–Crippen MR) is 80.2 cm³/mol. The summed E-state index contributed by atoms with van der Waals surface area (Å²) in [7, 11) is 0.817. The average Bonchev–Trinajstić information content (AvgIpc) is 2.45. The van der Waals surface area contributed by atoms with Crippen molar-refractivity contribution in [3.63, 3.8) is 0 Å². The molecule has 1 N–H and O–H groups in total. The van der Waals surface area contributed by atoms with Crippen molar-refractivity contribution in [1.29, 1.82) is 0 Å². The van der Waals surface area contributed by atoms with E-state index in [1.54, 1.807) is 0 Å². The highest BCUT2D eigenvalue weighted by atomic mass is 28.3. The molecule has 18 heavy (non-hydrogen) atoms. The van der Waals surface area contributed by atoms with Crippen molar-refractivity contribution in [3.05, 3.63) is 0 Å². The summed E-state index contributed by atoms with van der Waals surface area (Å²) in [5.74, 6) is 1.01. The molecule has 2 aliphatic carbocycles. The third kappa shape index (κ3) is 5.02. The van der Waals surface area contributed by atoms with E-state index in [9.17, 15) is 0 Å². The summed E-state index contributed by atoms with van der Waals surface area (Å²) in [6, 6.07) is 2.12. The van der Waals surface area contributed by atoms with Gasteiger partial charge in [-0.1, -0.05) is 51.4 Å². The maximum Gasteiger partial charge on any atom is 0.252 e. The van der Waals surface area contributed by atoms with Crippen molar-refractivity contribution in [1.82, 2.24) is 4.98 Å². The van der Waals surface area contributed by atoms with Crippen molar-refractivity contribution in [2.45, 2.75) is 82.7 Å². The first-order valence-corrected chi connectivity index (χ1v) is 10.0. The first-order chi connectivity index (χ1) is 8.88.